The number of piperidine rings is 1. The number of β-amino-alcohol motifs (C(OH)–C–C–N with tert-alkyl or cyclic N) is 1. The van der Waals surface area contributed by atoms with E-state index in [-0.39, 0.29) is 12.0 Å². The van der Waals surface area contributed by atoms with Crippen molar-refractivity contribution in [1.82, 2.24) is 19.9 Å². The molecule has 1 aliphatic heterocycles. The lowest BCUT2D eigenvalue weighted by atomic mass is 9.89. The van der Waals surface area contributed by atoms with Crippen LogP contribution in [-0.2, 0) is 0 Å². The van der Waals surface area contributed by atoms with Crippen LogP contribution in [0.3, 0.4) is 0 Å². The van der Waals surface area contributed by atoms with Gasteiger partial charge < -0.3 is 21.1 Å². The second-order valence-corrected chi connectivity index (χ2v) is 9.10. The maximum absolute atomic E-state index is 10.2. The number of fused-ring (bicyclic) bond motifs is 1. The number of anilines is 2. The summed E-state index contributed by atoms with van der Waals surface area (Å²) in [6, 6.07) is 2.07. The molecule has 0 radical (unpaired) electrons. The molecule has 0 aromatic carbocycles. The summed E-state index contributed by atoms with van der Waals surface area (Å²) >= 11 is 0. The number of aliphatic hydroxyl groups excluding tert-OH is 1. The van der Waals surface area contributed by atoms with Gasteiger partial charge in [-0.25, -0.2) is 4.98 Å². The number of nitrogens with zero attached hydrogens (tertiary/aromatic N) is 3. The summed E-state index contributed by atoms with van der Waals surface area (Å²) in [6.45, 7) is 7.72. The fourth-order valence-electron chi connectivity index (χ4n) is 4.61. The first-order chi connectivity index (χ1) is 14.1. The minimum atomic E-state index is -0.301. The molecule has 0 spiro atoms. The first-order valence-electron chi connectivity index (χ1n) is 11.4. The molecule has 0 amide bonds. The van der Waals surface area contributed by atoms with E-state index < -0.39 is 0 Å². The van der Waals surface area contributed by atoms with Crippen LogP contribution in [0.1, 0.15) is 63.9 Å². The van der Waals surface area contributed by atoms with Gasteiger partial charge in [0, 0.05) is 37.2 Å². The van der Waals surface area contributed by atoms with E-state index in [0.717, 1.165) is 54.8 Å². The Labute approximate surface area is 173 Å². The number of rotatable bonds is 7. The van der Waals surface area contributed by atoms with Gasteiger partial charge >= 0.3 is 0 Å². The zero-order chi connectivity index (χ0) is 20.2. The average Bonchev–Trinajstić information content (AvgIpc) is 3.16. The van der Waals surface area contributed by atoms with E-state index >= 15 is 0 Å². The van der Waals surface area contributed by atoms with Crippen molar-refractivity contribution in [2.75, 3.05) is 36.8 Å². The highest BCUT2D eigenvalue weighted by molar-refractivity contribution is 5.61. The quantitative estimate of drug-likeness (QED) is 0.571. The van der Waals surface area contributed by atoms with Crippen LogP contribution in [0.2, 0.25) is 0 Å². The molecule has 1 unspecified atom stereocenters. The summed E-state index contributed by atoms with van der Waals surface area (Å²) in [5.41, 5.74) is 2.08. The Morgan fingerprint density at radius 2 is 2.00 bits per heavy atom. The van der Waals surface area contributed by atoms with Gasteiger partial charge in [-0.05, 0) is 37.6 Å². The molecule has 2 aliphatic rings. The van der Waals surface area contributed by atoms with E-state index in [9.17, 15) is 5.11 Å². The summed E-state index contributed by atoms with van der Waals surface area (Å²) in [5, 5.41) is 25.3. The van der Waals surface area contributed by atoms with Gasteiger partial charge in [0.1, 0.15) is 11.6 Å². The van der Waals surface area contributed by atoms with E-state index in [1.807, 2.05) is 10.7 Å². The van der Waals surface area contributed by atoms with Crippen molar-refractivity contribution >= 4 is 17.3 Å². The molecule has 3 heterocycles. The Bertz CT molecular complexity index is 798. The fourth-order valence-corrected chi connectivity index (χ4v) is 4.61. The Morgan fingerprint density at radius 3 is 2.76 bits per heavy atom. The van der Waals surface area contributed by atoms with E-state index in [1.165, 1.54) is 32.1 Å². The normalized spacial score (nSPS) is 23.6. The molecular formula is C22H36N6O. The van der Waals surface area contributed by atoms with Crippen LogP contribution in [-0.4, -0.2) is 52.0 Å². The van der Waals surface area contributed by atoms with Crippen LogP contribution in [0.5, 0.6) is 0 Å². The lowest BCUT2D eigenvalue weighted by Crippen LogP contribution is -2.43. The number of hydrogen-bond donors (Lipinski definition) is 4. The fraction of sp³-hybridized carbons (Fsp3) is 0.727. The molecule has 7 nitrogen and oxygen atoms in total. The van der Waals surface area contributed by atoms with E-state index in [2.05, 4.69) is 41.0 Å². The largest absolute Gasteiger partial charge is 0.391 e. The summed E-state index contributed by atoms with van der Waals surface area (Å²) in [4.78, 5) is 4.87. The smallest absolute Gasteiger partial charge is 0.163 e. The molecule has 1 saturated heterocycles. The van der Waals surface area contributed by atoms with E-state index in [0.29, 0.717) is 12.5 Å². The van der Waals surface area contributed by atoms with E-state index in [4.69, 9.17) is 4.98 Å². The Kier molecular flexibility index (Phi) is 6.55. The minimum absolute atomic E-state index is 0.252. The second-order valence-electron chi connectivity index (χ2n) is 9.10. The highest BCUT2D eigenvalue weighted by Crippen LogP contribution is 2.27. The molecule has 2 atom stereocenters. The summed E-state index contributed by atoms with van der Waals surface area (Å²) < 4.78 is 1.95. The minimum Gasteiger partial charge on any atom is -0.391 e. The van der Waals surface area contributed by atoms with Gasteiger partial charge in [0.2, 0.25) is 0 Å². The van der Waals surface area contributed by atoms with Gasteiger partial charge in [0.05, 0.1) is 12.3 Å². The molecule has 29 heavy (non-hydrogen) atoms. The molecule has 2 fully saturated rings. The number of nitrogens with one attached hydrogen (secondary N) is 3. The Balaban J connectivity index is 1.53. The third-order valence-corrected chi connectivity index (χ3v) is 6.55. The first-order valence-corrected chi connectivity index (χ1v) is 11.4. The average molecular weight is 401 g/mol. The highest BCUT2D eigenvalue weighted by atomic mass is 16.3. The Morgan fingerprint density at radius 1 is 1.17 bits per heavy atom. The van der Waals surface area contributed by atoms with Gasteiger partial charge in [0.15, 0.2) is 5.65 Å². The number of aromatic nitrogens is 3. The molecule has 7 heteroatoms. The zero-order valence-corrected chi connectivity index (χ0v) is 17.8. The molecule has 4 N–H and O–H groups in total. The van der Waals surface area contributed by atoms with Gasteiger partial charge in [0.25, 0.3) is 0 Å². The monoisotopic (exact) mass is 400 g/mol. The van der Waals surface area contributed by atoms with Gasteiger partial charge in [-0.2, -0.15) is 9.61 Å². The van der Waals surface area contributed by atoms with Crippen molar-refractivity contribution in [2.24, 2.45) is 11.8 Å². The Hall–Kier alpha value is -1.86. The van der Waals surface area contributed by atoms with Crippen molar-refractivity contribution in [3.8, 4) is 0 Å². The van der Waals surface area contributed by atoms with Crippen LogP contribution in [0.15, 0.2) is 12.3 Å². The molecule has 1 aliphatic carbocycles. The standard InChI is InChI=1S/C22H36N6O/c1-15(2)18-13-26-28-21(25-11-16-6-4-3-5-7-16)10-20(27-22(18)28)24-12-17-8-9-23-14-19(17)29/h10,13,15-17,19,23,25,29H,3-9,11-12,14H2,1-2H3,(H,24,27)/t17?,19-/m0/s1. The van der Waals surface area contributed by atoms with E-state index in [1.54, 1.807) is 0 Å². The number of aliphatic hydroxyl groups is 1. The molecule has 2 aromatic heterocycles. The summed E-state index contributed by atoms with van der Waals surface area (Å²) in [5.74, 6) is 3.22. The predicted octanol–water partition coefficient (Wildman–Crippen LogP) is 3.23. The lowest BCUT2D eigenvalue weighted by Gasteiger charge is -2.28. The van der Waals surface area contributed by atoms with Crippen LogP contribution in [0.4, 0.5) is 11.6 Å². The number of hydrogen-bond acceptors (Lipinski definition) is 6. The zero-order valence-electron chi connectivity index (χ0n) is 17.8. The summed E-state index contributed by atoms with van der Waals surface area (Å²) in [7, 11) is 0. The molecule has 2 aromatic rings. The van der Waals surface area contributed by atoms with Crippen molar-refractivity contribution in [1.29, 1.82) is 0 Å². The lowest BCUT2D eigenvalue weighted by molar-refractivity contribution is 0.0883. The van der Waals surface area contributed by atoms with Crippen molar-refractivity contribution < 1.29 is 5.11 Å². The van der Waals surface area contributed by atoms with Crippen molar-refractivity contribution in [2.45, 2.75) is 64.4 Å². The SMILES string of the molecule is CC(C)c1cnn2c(NCC3CCCCC3)cc(NCC3CCNC[C@@H]3O)nc12. The molecular weight excluding hydrogens is 364 g/mol. The highest BCUT2D eigenvalue weighted by Gasteiger charge is 2.23. The third kappa shape index (κ3) is 4.83. The topological polar surface area (TPSA) is 86.5 Å². The van der Waals surface area contributed by atoms with Gasteiger partial charge in [-0.3, -0.25) is 0 Å². The first kappa shape index (κ1) is 20.4. The summed E-state index contributed by atoms with van der Waals surface area (Å²) in [6.07, 6.45) is 9.33. The van der Waals surface area contributed by atoms with Crippen molar-refractivity contribution in [3.63, 3.8) is 0 Å². The maximum Gasteiger partial charge on any atom is 0.163 e. The second kappa shape index (κ2) is 9.30. The van der Waals surface area contributed by atoms with Crippen molar-refractivity contribution in [3.05, 3.63) is 17.8 Å². The van der Waals surface area contributed by atoms with Crippen LogP contribution in [0.25, 0.3) is 5.65 Å². The van der Waals surface area contributed by atoms with Gasteiger partial charge in [-0.1, -0.05) is 33.1 Å². The molecule has 0 bridgehead atoms. The van der Waals surface area contributed by atoms with Crippen LogP contribution in [0, 0.1) is 11.8 Å². The van der Waals surface area contributed by atoms with Gasteiger partial charge in [-0.15, -0.1) is 0 Å². The molecule has 1 saturated carbocycles. The maximum atomic E-state index is 10.2. The molecule has 4 rings (SSSR count). The molecule has 160 valence electrons. The predicted molar refractivity (Wildman–Crippen MR) is 118 cm³/mol. The third-order valence-electron chi connectivity index (χ3n) is 6.55. The van der Waals surface area contributed by atoms with Crippen LogP contribution < -0.4 is 16.0 Å². The van der Waals surface area contributed by atoms with Crippen LogP contribution >= 0.6 is 0 Å².